The van der Waals surface area contributed by atoms with Gasteiger partial charge in [0.05, 0.1) is 11.0 Å². The highest BCUT2D eigenvalue weighted by atomic mass is 16.6. The van der Waals surface area contributed by atoms with Gasteiger partial charge in [0.15, 0.2) is 5.82 Å². The topological polar surface area (TPSA) is 91.4 Å². The number of carbonyl (C=O) groups is 2. The summed E-state index contributed by atoms with van der Waals surface area (Å²) < 4.78 is 5.55. The Bertz CT molecular complexity index is 1190. The molecule has 34 heavy (non-hydrogen) atoms. The number of nitrogens with zero attached hydrogens (tertiary/aromatic N) is 4. The maximum atomic E-state index is 13.2. The number of likely N-dealkylation sites (tertiary alicyclic amines) is 2. The molecule has 2 aromatic heterocycles. The number of carbonyl (C=O) groups excluding carboxylic acids is 2. The molecule has 2 saturated heterocycles. The molecule has 8 heteroatoms. The average molecular weight is 462 g/mol. The first kappa shape index (κ1) is 22.4. The second kappa shape index (κ2) is 8.42. The number of amides is 2. The molecule has 2 fully saturated rings. The maximum Gasteiger partial charge on any atom is 0.410 e. The molecule has 1 N–H and O–H groups in total. The predicted molar refractivity (Wildman–Crippen MR) is 129 cm³/mol. The number of rotatable bonds is 2. The van der Waals surface area contributed by atoms with Crippen molar-refractivity contribution in [1.82, 2.24) is 24.8 Å². The molecular formula is C26H31N5O3. The van der Waals surface area contributed by atoms with Crippen LogP contribution in [0.5, 0.6) is 0 Å². The molecule has 0 unspecified atom stereocenters. The molecule has 1 spiro atoms. The van der Waals surface area contributed by atoms with Crippen LogP contribution in [0, 0.1) is 5.41 Å². The molecule has 2 aliphatic heterocycles. The Kier molecular flexibility index (Phi) is 5.54. The molecule has 8 nitrogen and oxygen atoms in total. The largest absolute Gasteiger partial charge is 0.444 e. The third-order valence-corrected chi connectivity index (χ3v) is 6.80. The first-order valence-electron chi connectivity index (χ1n) is 11.9. The van der Waals surface area contributed by atoms with Crippen molar-refractivity contribution < 1.29 is 14.3 Å². The summed E-state index contributed by atoms with van der Waals surface area (Å²) in [6.45, 7) is 8.40. The number of pyridine rings is 1. The Morgan fingerprint density at radius 3 is 2.35 bits per heavy atom. The summed E-state index contributed by atoms with van der Waals surface area (Å²) in [5.41, 5.74) is 2.46. The van der Waals surface area contributed by atoms with Gasteiger partial charge in [0.25, 0.3) is 5.91 Å². The van der Waals surface area contributed by atoms with E-state index < -0.39 is 5.60 Å². The maximum absolute atomic E-state index is 13.2. The van der Waals surface area contributed by atoms with Gasteiger partial charge < -0.3 is 19.5 Å². The zero-order chi connectivity index (χ0) is 23.9. The van der Waals surface area contributed by atoms with E-state index in [0.717, 1.165) is 30.3 Å². The smallest absolute Gasteiger partial charge is 0.410 e. The van der Waals surface area contributed by atoms with Gasteiger partial charge in [0.2, 0.25) is 0 Å². The fraction of sp³-hybridized carbons (Fsp3) is 0.462. The average Bonchev–Trinajstić information content (AvgIpc) is 3.43. The van der Waals surface area contributed by atoms with E-state index in [9.17, 15) is 9.59 Å². The molecule has 4 heterocycles. The van der Waals surface area contributed by atoms with Gasteiger partial charge in [-0.1, -0.05) is 18.2 Å². The summed E-state index contributed by atoms with van der Waals surface area (Å²) in [4.78, 5) is 41.9. The molecule has 0 bridgehead atoms. The summed E-state index contributed by atoms with van der Waals surface area (Å²) in [6, 6.07) is 13.3. The van der Waals surface area contributed by atoms with Crippen molar-refractivity contribution in [2.24, 2.45) is 5.41 Å². The number of aromatic nitrogens is 3. The zero-order valence-corrected chi connectivity index (χ0v) is 20.0. The first-order chi connectivity index (χ1) is 16.2. The van der Waals surface area contributed by atoms with Gasteiger partial charge in [0, 0.05) is 26.2 Å². The predicted octanol–water partition coefficient (Wildman–Crippen LogP) is 4.49. The number of para-hydroxylation sites is 2. The molecule has 0 aliphatic carbocycles. The Labute approximate surface area is 199 Å². The lowest BCUT2D eigenvalue weighted by Gasteiger charge is -2.39. The molecule has 1 aromatic carbocycles. The second-order valence-electron chi connectivity index (χ2n) is 10.5. The molecule has 0 atom stereocenters. The second-order valence-corrected chi connectivity index (χ2v) is 10.5. The number of imidazole rings is 1. The van der Waals surface area contributed by atoms with E-state index in [1.807, 2.05) is 67.0 Å². The summed E-state index contributed by atoms with van der Waals surface area (Å²) in [7, 11) is 0. The lowest BCUT2D eigenvalue weighted by atomic mass is 9.77. The van der Waals surface area contributed by atoms with E-state index in [0.29, 0.717) is 43.4 Å². The highest BCUT2D eigenvalue weighted by Crippen LogP contribution is 2.41. The molecule has 3 aromatic rings. The number of fused-ring (bicyclic) bond motifs is 1. The molecular weight excluding hydrogens is 430 g/mol. The van der Waals surface area contributed by atoms with E-state index in [-0.39, 0.29) is 17.4 Å². The minimum atomic E-state index is -0.494. The number of nitrogens with one attached hydrogen (secondary N) is 1. The van der Waals surface area contributed by atoms with Crippen LogP contribution >= 0.6 is 0 Å². The highest BCUT2D eigenvalue weighted by Gasteiger charge is 2.43. The number of piperidine rings is 1. The van der Waals surface area contributed by atoms with Crippen molar-refractivity contribution in [3.8, 4) is 11.5 Å². The zero-order valence-electron chi connectivity index (χ0n) is 20.0. The van der Waals surface area contributed by atoms with Crippen LogP contribution in [0.4, 0.5) is 4.79 Å². The van der Waals surface area contributed by atoms with Crippen molar-refractivity contribution in [1.29, 1.82) is 0 Å². The van der Waals surface area contributed by atoms with Gasteiger partial charge in [-0.2, -0.15) is 0 Å². The molecule has 2 aliphatic rings. The van der Waals surface area contributed by atoms with Crippen LogP contribution in [0.15, 0.2) is 42.5 Å². The minimum absolute atomic E-state index is 0.0604. The van der Waals surface area contributed by atoms with Crippen LogP contribution in [0.2, 0.25) is 0 Å². The number of H-pyrrole nitrogens is 1. The van der Waals surface area contributed by atoms with E-state index in [1.54, 1.807) is 6.07 Å². The summed E-state index contributed by atoms with van der Waals surface area (Å²) in [5.74, 6) is 0.594. The molecule has 0 saturated carbocycles. The van der Waals surface area contributed by atoms with Gasteiger partial charge in [-0.15, -0.1) is 0 Å². The van der Waals surface area contributed by atoms with E-state index in [1.165, 1.54) is 0 Å². The van der Waals surface area contributed by atoms with Gasteiger partial charge >= 0.3 is 6.09 Å². The van der Waals surface area contributed by atoms with Crippen molar-refractivity contribution in [2.75, 3.05) is 26.2 Å². The monoisotopic (exact) mass is 461 g/mol. The van der Waals surface area contributed by atoms with Crippen molar-refractivity contribution in [3.63, 3.8) is 0 Å². The van der Waals surface area contributed by atoms with Crippen LogP contribution in [0.3, 0.4) is 0 Å². The summed E-state index contributed by atoms with van der Waals surface area (Å²) in [5, 5.41) is 0. The van der Waals surface area contributed by atoms with Gasteiger partial charge in [-0.25, -0.2) is 14.8 Å². The van der Waals surface area contributed by atoms with E-state index in [2.05, 4.69) is 15.0 Å². The SMILES string of the molecule is CC(C)(C)OC(=O)N1CCC2(CCN(C(=O)c3cccc(-c4nc5ccccc5[nH]4)n3)CC2)C1. The Hall–Kier alpha value is -3.42. The normalized spacial score (nSPS) is 18.0. The molecule has 2 amide bonds. The van der Waals surface area contributed by atoms with Crippen molar-refractivity contribution in [2.45, 2.75) is 45.6 Å². The van der Waals surface area contributed by atoms with Crippen LogP contribution in [0.1, 0.15) is 50.5 Å². The Morgan fingerprint density at radius 2 is 1.65 bits per heavy atom. The number of benzene rings is 1. The Balaban J connectivity index is 1.23. The van der Waals surface area contributed by atoms with Gasteiger partial charge in [-0.3, -0.25) is 4.79 Å². The van der Waals surface area contributed by atoms with Gasteiger partial charge in [0.1, 0.15) is 17.0 Å². The molecule has 5 rings (SSSR count). The number of hydrogen-bond acceptors (Lipinski definition) is 5. The van der Waals surface area contributed by atoms with Crippen molar-refractivity contribution >= 4 is 23.0 Å². The van der Waals surface area contributed by atoms with Gasteiger partial charge in [-0.05, 0) is 69.7 Å². The van der Waals surface area contributed by atoms with Crippen molar-refractivity contribution in [3.05, 3.63) is 48.2 Å². The Morgan fingerprint density at radius 1 is 0.941 bits per heavy atom. The van der Waals surface area contributed by atoms with E-state index in [4.69, 9.17) is 4.74 Å². The third kappa shape index (κ3) is 4.49. The third-order valence-electron chi connectivity index (χ3n) is 6.80. The van der Waals surface area contributed by atoms with Crippen LogP contribution < -0.4 is 0 Å². The lowest BCUT2D eigenvalue weighted by molar-refractivity contribution is 0.0242. The summed E-state index contributed by atoms with van der Waals surface area (Å²) in [6.07, 6.45) is 2.46. The van der Waals surface area contributed by atoms with Crippen LogP contribution in [0.25, 0.3) is 22.6 Å². The van der Waals surface area contributed by atoms with Crippen LogP contribution in [-0.4, -0.2) is 68.5 Å². The molecule has 178 valence electrons. The minimum Gasteiger partial charge on any atom is -0.444 e. The number of hydrogen-bond donors (Lipinski definition) is 1. The standard InChI is InChI=1S/C26H31N5O3/c1-25(2,3)34-24(33)31-16-13-26(17-31)11-14-30(15-12-26)23(32)21-10-6-9-20(27-21)22-28-18-7-4-5-8-19(18)29-22/h4-10H,11-17H2,1-3H3,(H,28,29). The van der Waals surface area contributed by atoms with E-state index >= 15 is 0 Å². The first-order valence-corrected chi connectivity index (χ1v) is 11.9. The number of aromatic amines is 1. The number of ether oxygens (including phenoxy) is 1. The fourth-order valence-corrected chi connectivity index (χ4v) is 4.93. The molecule has 0 radical (unpaired) electrons. The lowest BCUT2D eigenvalue weighted by Crippen LogP contribution is -2.45. The fourth-order valence-electron chi connectivity index (χ4n) is 4.93. The van der Waals surface area contributed by atoms with Crippen LogP contribution in [-0.2, 0) is 4.74 Å². The highest BCUT2D eigenvalue weighted by molar-refractivity contribution is 5.93. The summed E-state index contributed by atoms with van der Waals surface area (Å²) >= 11 is 0. The quantitative estimate of drug-likeness (QED) is 0.607.